The van der Waals surface area contributed by atoms with Gasteiger partial charge in [0.15, 0.2) is 18.1 Å². The maximum Gasteiger partial charge on any atom is 0.343 e. The Labute approximate surface area is 209 Å². The summed E-state index contributed by atoms with van der Waals surface area (Å²) in [5.41, 5.74) is 2.84. The number of carbonyl (C=O) groups excluding carboxylic acids is 2. The van der Waals surface area contributed by atoms with E-state index in [2.05, 4.69) is 10.5 Å². The van der Waals surface area contributed by atoms with Crippen LogP contribution >= 0.6 is 23.2 Å². The highest BCUT2D eigenvalue weighted by Gasteiger charge is 2.14. The zero-order chi connectivity index (χ0) is 25.4. The summed E-state index contributed by atoms with van der Waals surface area (Å²) in [4.78, 5) is 34.5. The largest absolute Gasteiger partial charge is 0.493 e. The van der Waals surface area contributed by atoms with Crippen molar-refractivity contribution in [1.29, 1.82) is 0 Å². The quantitative estimate of drug-likeness (QED) is 0.143. The molecule has 0 saturated carbocycles. The molecule has 0 heterocycles. The summed E-state index contributed by atoms with van der Waals surface area (Å²) in [6.07, 6.45) is 1.36. The van der Waals surface area contributed by atoms with E-state index in [1.54, 1.807) is 18.2 Å². The van der Waals surface area contributed by atoms with Gasteiger partial charge in [-0.2, -0.15) is 5.10 Å². The number of hydrogen-bond acceptors (Lipinski definition) is 8. The van der Waals surface area contributed by atoms with Gasteiger partial charge in [-0.3, -0.25) is 14.9 Å². The number of carbonyl (C=O) groups is 2. The van der Waals surface area contributed by atoms with Crippen molar-refractivity contribution in [2.24, 2.45) is 5.10 Å². The predicted molar refractivity (Wildman–Crippen MR) is 129 cm³/mol. The highest BCUT2D eigenvalue weighted by atomic mass is 35.5. The summed E-state index contributed by atoms with van der Waals surface area (Å²) in [6.45, 7) is -0.320. The number of nitrogens with zero attached hydrogens (tertiary/aromatic N) is 2. The lowest BCUT2D eigenvalue weighted by molar-refractivity contribution is -0.384. The number of halogens is 2. The Morgan fingerprint density at radius 2 is 1.74 bits per heavy atom. The summed E-state index contributed by atoms with van der Waals surface area (Å²) < 4.78 is 15.9. The van der Waals surface area contributed by atoms with Gasteiger partial charge in [0.25, 0.3) is 11.6 Å². The highest BCUT2D eigenvalue weighted by Crippen LogP contribution is 2.29. The van der Waals surface area contributed by atoms with Gasteiger partial charge in [-0.1, -0.05) is 23.2 Å². The topological polar surface area (TPSA) is 129 Å². The zero-order valence-electron chi connectivity index (χ0n) is 18.1. The average Bonchev–Trinajstić information content (AvgIpc) is 2.84. The van der Waals surface area contributed by atoms with Crippen LogP contribution in [-0.4, -0.2) is 36.7 Å². The van der Waals surface area contributed by atoms with Crippen LogP contribution in [0.5, 0.6) is 17.2 Å². The Bertz CT molecular complexity index is 1280. The first kappa shape index (κ1) is 25.5. The minimum Gasteiger partial charge on any atom is -0.493 e. The van der Waals surface area contributed by atoms with Crippen LogP contribution in [0.1, 0.15) is 15.9 Å². The number of non-ortho nitro benzene ring substituents is 1. The second-order valence-electron chi connectivity index (χ2n) is 6.76. The third kappa shape index (κ3) is 7.16. The molecule has 3 aromatic carbocycles. The Morgan fingerprint density at radius 3 is 2.40 bits per heavy atom. The van der Waals surface area contributed by atoms with Crippen molar-refractivity contribution in [2.75, 3.05) is 13.7 Å². The Morgan fingerprint density at radius 1 is 1.03 bits per heavy atom. The molecule has 180 valence electrons. The van der Waals surface area contributed by atoms with E-state index in [-0.39, 0.29) is 34.4 Å². The molecule has 1 amide bonds. The number of amides is 1. The molecule has 0 bridgehead atoms. The van der Waals surface area contributed by atoms with Gasteiger partial charge in [0, 0.05) is 17.2 Å². The molecular formula is C23H17Cl2N3O7. The van der Waals surface area contributed by atoms with Crippen molar-refractivity contribution in [1.82, 2.24) is 5.43 Å². The molecule has 0 radical (unpaired) electrons. The smallest absolute Gasteiger partial charge is 0.343 e. The second-order valence-corrected chi connectivity index (χ2v) is 7.60. The number of hydrazone groups is 1. The number of ether oxygens (including phenoxy) is 3. The number of nitrogens with one attached hydrogen (secondary N) is 1. The lowest BCUT2D eigenvalue weighted by Gasteiger charge is -2.10. The molecule has 1 N–H and O–H groups in total. The minimum absolute atomic E-state index is 0.130. The standard InChI is InChI=1S/C23H17Cl2N3O7/c1-33-21-10-14(12-26-27-22(29)13-34-19-9-5-16(24)11-18(19)25)2-8-20(21)35-23(30)15-3-6-17(7-4-15)28(31)32/h2-12H,13H2,1H3,(H,27,29)/b26-12-. The normalized spacial score (nSPS) is 10.6. The van der Waals surface area contributed by atoms with Crippen LogP contribution in [-0.2, 0) is 4.79 Å². The third-order valence-electron chi connectivity index (χ3n) is 4.36. The molecule has 0 aliphatic rings. The van der Waals surface area contributed by atoms with E-state index >= 15 is 0 Å². The van der Waals surface area contributed by atoms with E-state index in [1.807, 2.05) is 0 Å². The van der Waals surface area contributed by atoms with E-state index in [0.29, 0.717) is 16.3 Å². The number of esters is 1. The first-order chi connectivity index (χ1) is 16.8. The molecule has 0 aliphatic heterocycles. The first-order valence-electron chi connectivity index (χ1n) is 9.81. The van der Waals surface area contributed by atoms with Crippen molar-refractivity contribution in [3.8, 4) is 17.2 Å². The number of methoxy groups -OCH3 is 1. The zero-order valence-corrected chi connectivity index (χ0v) is 19.6. The molecule has 0 unspecified atom stereocenters. The average molecular weight is 518 g/mol. The molecule has 0 atom stereocenters. The second kappa shape index (κ2) is 11.8. The molecule has 0 aromatic heterocycles. The fourth-order valence-electron chi connectivity index (χ4n) is 2.67. The first-order valence-corrected chi connectivity index (χ1v) is 10.6. The van der Waals surface area contributed by atoms with Crippen molar-refractivity contribution >= 4 is 47.0 Å². The fraction of sp³-hybridized carbons (Fsp3) is 0.0870. The van der Waals surface area contributed by atoms with E-state index in [4.69, 9.17) is 37.4 Å². The number of hydrogen-bond donors (Lipinski definition) is 1. The van der Waals surface area contributed by atoms with Gasteiger partial charge >= 0.3 is 5.97 Å². The summed E-state index contributed by atoms with van der Waals surface area (Å²) in [5, 5.41) is 15.3. The number of nitro benzene ring substituents is 1. The number of nitro groups is 1. The maximum absolute atomic E-state index is 12.3. The Balaban J connectivity index is 1.57. The van der Waals surface area contributed by atoms with Gasteiger partial charge < -0.3 is 14.2 Å². The molecular weight excluding hydrogens is 501 g/mol. The fourth-order valence-corrected chi connectivity index (χ4v) is 3.14. The number of rotatable bonds is 9. The van der Waals surface area contributed by atoms with Crippen LogP contribution in [0.15, 0.2) is 65.8 Å². The monoisotopic (exact) mass is 517 g/mol. The summed E-state index contributed by atoms with van der Waals surface area (Å²) in [7, 11) is 1.39. The molecule has 10 nitrogen and oxygen atoms in total. The van der Waals surface area contributed by atoms with Gasteiger partial charge in [-0.25, -0.2) is 10.2 Å². The molecule has 0 aliphatic carbocycles. The molecule has 12 heteroatoms. The maximum atomic E-state index is 12.3. The Kier molecular flexibility index (Phi) is 8.60. The predicted octanol–water partition coefficient (Wildman–Crippen LogP) is 4.66. The lowest BCUT2D eigenvalue weighted by atomic mass is 10.2. The van der Waals surface area contributed by atoms with Gasteiger partial charge in [0.2, 0.25) is 0 Å². The van der Waals surface area contributed by atoms with Crippen LogP contribution < -0.4 is 19.6 Å². The molecule has 35 heavy (non-hydrogen) atoms. The molecule has 3 rings (SSSR count). The summed E-state index contributed by atoms with van der Waals surface area (Å²) in [6, 6.07) is 14.2. The third-order valence-corrected chi connectivity index (χ3v) is 4.89. The molecule has 3 aromatic rings. The summed E-state index contributed by atoms with van der Waals surface area (Å²) >= 11 is 11.8. The highest BCUT2D eigenvalue weighted by molar-refractivity contribution is 6.35. The van der Waals surface area contributed by atoms with Crippen molar-refractivity contribution in [3.63, 3.8) is 0 Å². The van der Waals surface area contributed by atoms with Crippen molar-refractivity contribution < 1.29 is 28.7 Å². The van der Waals surface area contributed by atoms with Crippen LogP contribution in [0.25, 0.3) is 0 Å². The summed E-state index contributed by atoms with van der Waals surface area (Å²) in [5.74, 6) is -0.569. The van der Waals surface area contributed by atoms with Crippen LogP contribution in [0.2, 0.25) is 10.0 Å². The van der Waals surface area contributed by atoms with Crippen molar-refractivity contribution in [2.45, 2.75) is 0 Å². The van der Waals surface area contributed by atoms with Crippen molar-refractivity contribution in [3.05, 3.63) is 92.0 Å². The van der Waals surface area contributed by atoms with Crippen LogP contribution in [0.4, 0.5) is 5.69 Å². The van der Waals surface area contributed by atoms with Gasteiger partial charge in [0.05, 0.1) is 28.8 Å². The van der Waals surface area contributed by atoms with E-state index in [0.717, 1.165) is 0 Å². The SMILES string of the molecule is COc1cc(/C=N\NC(=O)COc2ccc(Cl)cc2Cl)ccc1OC(=O)c1ccc([N+](=O)[O-])cc1. The molecule has 0 fully saturated rings. The van der Waals surface area contributed by atoms with E-state index in [9.17, 15) is 19.7 Å². The molecule has 0 spiro atoms. The van der Waals surface area contributed by atoms with Gasteiger partial charge in [-0.05, 0) is 54.1 Å². The van der Waals surface area contributed by atoms with Crippen LogP contribution in [0, 0.1) is 10.1 Å². The minimum atomic E-state index is -0.715. The van der Waals surface area contributed by atoms with Gasteiger partial charge in [0.1, 0.15) is 5.75 Å². The van der Waals surface area contributed by atoms with Crippen LogP contribution in [0.3, 0.4) is 0 Å². The van der Waals surface area contributed by atoms with Gasteiger partial charge in [-0.15, -0.1) is 0 Å². The lowest BCUT2D eigenvalue weighted by Crippen LogP contribution is -2.24. The Hall–Kier alpha value is -4.15. The molecule has 0 saturated heterocycles. The van der Waals surface area contributed by atoms with E-state index < -0.39 is 16.8 Å². The number of benzene rings is 3. The van der Waals surface area contributed by atoms with E-state index in [1.165, 1.54) is 55.8 Å².